The minimum atomic E-state index is -0.461. The number of non-ortho nitro benzene ring substituents is 1. The molecule has 0 aliphatic rings. The van der Waals surface area contributed by atoms with Crippen LogP contribution in [0.2, 0.25) is 0 Å². The molecule has 22 heavy (non-hydrogen) atoms. The molecular weight excluding hydrogens is 282 g/mol. The minimum Gasteiger partial charge on any atom is -0.258 e. The van der Waals surface area contributed by atoms with Crippen LogP contribution in [0.25, 0.3) is 16.9 Å². The SMILES string of the molecule is N#Cc1cccc(-c2cn(-c3cccc([N+](=O)[O-])c3)nn2)c1. The van der Waals surface area contributed by atoms with Crippen molar-refractivity contribution >= 4 is 5.69 Å². The summed E-state index contributed by atoms with van der Waals surface area (Å²) in [5, 5.41) is 27.8. The van der Waals surface area contributed by atoms with E-state index in [0.29, 0.717) is 16.9 Å². The molecule has 7 nitrogen and oxygen atoms in total. The van der Waals surface area contributed by atoms with Crippen molar-refractivity contribution in [1.82, 2.24) is 15.0 Å². The smallest absolute Gasteiger partial charge is 0.258 e. The van der Waals surface area contributed by atoms with E-state index >= 15 is 0 Å². The Morgan fingerprint density at radius 1 is 1.18 bits per heavy atom. The Morgan fingerprint density at radius 2 is 2.00 bits per heavy atom. The first-order chi connectivity index (χ1) is 10.7. The first-order valence-corrected chi connectivity index (χ1v) is 6.35. The van der Waals surface area contributed by atoms with Gasteiger partial charge >= 0.3 is 0 Å². The molecule has 0 N–H and O–H groups in total. The molecule has 0 unspecified atom stereocenters. The Labute approximate surface area is 125 Å². The van der Waals surface area contributed by atoms with Crippen LogP contribution in [0.1, 0.15) is 5.56 Å². The zero-order valence-electron chi connectivity index (χ0n) is 11.2. The van der Waals surface area contributed by atoms with Crippen LogP contribution in [0.3, 0.4) is 0 Å². The van der Waals surface area contributed by atoms with E-state index in [1.807, 2.05) is 6.07 Å². The van der Waals surface area contributed by atoms with Crippen LogP contribution in [0.15, 0.2) is 54.7 Å². The zero-order chi connectivity index (χ0) is 15.5. The highest BCUT2D eigenvalue weighted by Crippen LogP contribution is 2.20. The number of hydrogen-bond donors (Lipinski definition) is 0. The van der Waals surface area contributed by atoms with Crippen LogP contribution in [0, 0.1) is 21.4 Å². The molecule has 0 saturated carbocycles. The fraction of sp³-hybridized carbons (Fsp3) is 0. The molecule has 0 atom stereocenters. The number of nitriles is 1. The molecule has 0 aliphatic heterocycles. The summed E-state index contributed by atoms with van der Waals surface area (Å²) in [6, 6.07) is 15.2. The molecular formula is C15H9N5O2. The maximum Gasteiger partial charge on any atom is 0.271 e. The van der Waals surface area contributed by atoms with Gasteiger partial charge in [-0.3, -0.25) is 10.1 Å². The number of benzene rings is 2. The zero-order valence-corrected chi connectivity index (χ0v) is 11.2. The molecule has 106 valence electrons. The number of rotatable bonds is 3. The maximum absolute atomic E-state index is 10.8. The molecule has 0 saturated heterocycles. The number of nitro benzene ring substituents is 1. The van der Waals surface area contributed by atoms with Crippen LogP contribution in [-0.2, 0) is 0 Å². The molecule has 1 aromatic heterocycles. The fourth-order valence-electron chi connectivity index (χ4n) is 2.02. The topological polar surface area (TPSA) is 97.6 Å². The van der Waals surface area contributed by atoms with Gasteiger partial charge in [0.2, 0.25) is 0 Å². The molecule has 1 heterocycles. The lowest BCUT2D eigenvalue weighted by atomic mass is 10.1. The number of nitrogens with zero attached hydrogens (tertiary/aromatic N) is 5. The van der Waals surface area contributed by atoms with Crippen molar-refractivity contribution in [3.05, 3.63) is 70.4 Å². The largest absolute Gasteiger partial charge is 0.271 e. The number of hydrogen-bond acceptors (Lipinski definition) is 5. The van der Waals surface area contributed by atoms with Gasteiger partial charge in [-0.05, 0) is 18.2 Å². The van der Waals surface area contributed by atoms with Gasteiger partial charge in [-0.15, -0.1) is 5.10 Å². The van der Waals surface area contributed by atoms with Crippen molar-refractivity contribution in [3.8, 4) is 23.0 Å². The second-order valence-electron chi connectivity index (χ2n) is 4.52. The summed E-state index contributed by atoms with van der Waals surface area (Å²) < 4.78 is 1.46. The van der Waals surface area contributed by atoms with E-state index in [4.69, 9.17) is 5.26 Å². The summed E-state index contributed by atoms with van der Waals surface area (Å²) in [4.78, 5) is 10.4. The predicted molar refractivity (Wildman–Crippen MR) is 78.2 cm³/mol. The first-order valence-electron chi connectivity index (χ1n) is 6.35. The molecule has 0 amide bonds. The molecule has 0 aliphatic carbocycles. The molecule has 0 fully saturated rings. The second kappa shape index (κ2) is 5.46. The summed E-state index contributed by atoms with van der Waals surface area (Å²) in [5.74, 6) is 0. The molecule has 7 heteroatoms. The summed E-state index contributed by atoms with van der Waals surface area (Å²) in [6.07, 6.45) is 1.66. The van der Waals surface area contributed by atoms with E-state index in [-0.39, 0.29) is 5.69 Å². The third-order valence-electron chi connectivity index (χ3n) is 3.09. The molecule has 0 bridgehead atoms. The highest BCUT2D eigenvalue weighted by atomic mass is 16.6. The van der Waals surface area contributed by atoms with E-state index in [9.17, 15) is 10.1 Å². The monoisotopic (exact) mass is 291 g/mol. The Morgan fingerprint density at radius 3 is 2.77 bits per heavy atom. The average Bonchev–Trinajstić information content (AvgIpc) is 3.05. The van der Waals surface area contributed by atoms with Gasteiger partial charge in [-0.2, -0.15) is 5.26 Å². The Bertz CT molecular complexity index is 895. The molecule has 2 aromatic carbocycles. The summed E-state index contributed by atoms with van der Waals surface area (Å²) in [6.45, 7) is 0. The third-order valence-corrected chi connectivity index (χ3v) is 3.09. The van der Waals surface area contributed by atoms with Gasteiger partial charge in [-0.1, -0.05) is 23.4 Å². The van der Waals surface area contributed by atoms with Crippen LogP contribution in [-0.4, -0.2) is 19.9 Å². The van der Waals surface area contributed by atoms with Crippen molar-refractivity contribution < 1.29 is 4.92 Å². The van der Waals surface area contributed by atoms with Crippen molar-refractivity contribution in [2.45, 2.75) is 0 Å². The molecule has 3 rings (SSSR count). The maximum atomic E-state index is 10.8. The van der Waals surface area contributed by atoms with Gasteiger partial charge in [0.25, 0.3) is 5.69 Å². The van der Waals surface area contributed by atoms with Crippen molar-refractivity contribution in [3.63, 3.8) is 0 Å². The fourth-order valence-corrected chi connectivity index (χ4v) is 2.02. The molecule has 0 radical (unpaired) electrons. The van der Waals surface area contributed by atoms with Crippen LogP contribution in [0.4, 0.5) is 5.69 Å². The van der Waals surface area contributed by atoms with E-state index in [1.54, 1.807) is 36.5 Å². The lowest BCUT2D eigenvalue weighted by Gasteiger charge is -1.99. The van der Waals surface area contributed by atoms with Gasteiger partial charge in [-0.25, -0.2) is 4.68 Å². The second-order valence-corrected chi connectivity index (χ2v) is 4.52. The summed E-state index contributed by atoms with van der Waals surface area (Å²) >= 11 is 0. The lowest BCUT2D eigenvalue weighted by molar-refractivity contribution is -0.384. The summed E-state index contributed by atoms with van der Waals surface area (Å²) in [5.41, 5.74) is 2.41. The number of aromatic nitrogens is 3. The lowest BCUT2D eigenvalue weighted by Crippen LogP contribution is -1.96. The molecule has 3 aromatic rings. The van der Waals surface area contributed by atoms with Crippen molar-refractivity contribution in [1.29, 1.82) is 5.26 Å². The van der Waals surface area contributed by atoms with Gasteiger partial charge in [0.05, 0.1) is 28.4 Å². The molecule has 0 spiro atoms. The van der Waals surface area contributed by atoms with Crippen LogP contribution >= 0.6 is 0 Å². The van der Waals surface area contributed by atoms with Gasteiger partial charge in [0.15, 0.2) is 0 Å². The van der Waals surface area contributed by atoms with E-state index < -0.39 is 4.92 Å². The standard InChI is InChI=1S/C15H9N5O2/c16-9-11-3-1-4-12(7-11)15-10-19(18-17-15)13-5-2-6-14(8-13)20(21)22/h1-8,10H. The minimum absolute atomic E-state index is 0.0129. The van der Waals surface area contributed by atoms with Gasteiger partial charge in [0, 0.05) is 17.7 Å². The van der Waals surface area contributed by atoms with E-state index in [1.165, 1.54) is 16.8 Å². The third kappa shape index (κ3) is 2.53. The number of nitro groups is 1. The average molecular weight is 291 g/mol. The highest BCUT2D eigenvalue weighted by Gasteiger charge is 2.10. The van der Waals surface area contributed by atoms with Gasteiger partial charge in [0.1, 0.15) is 5.69 Å². The van der Waals surface area contributed by atoms with Gasteiger partial charge < -0.3 is 0 Å². The van der Waals surface area contributed by atoms with Crippen molar-refractivity contribution in [2.24, 2.45) is 0 Å². The quantitative estimate of drug-likeness (QED) is 0.546. The van der Waals surface area contributed by atoms with Crippen LogP contribution in [0.5, 0.6) is 0 Å². The Hall–Kier alpha value is -3.53. The first kappa shape index (κ1) is 13.5. The Kier molecular flexibility index (Phi) is 3.34. The van der Waals surface area contributed by atoms with Crippen molar-refractivity contribution in [2.75, 3.05) is 0 Å². The van der Waals surface area contributed by atoms with E-state index in [2.05, 4.69) is 16.4 Å². The predicted octanol–water partition coefficient (Wildman–Crippen LogP) is 2.71. The van der Waals surface area contributed by atoms with Crippen LogP contribution < -0.4 is 0 Å². The van der Waals surface area contributed by atoms with E-state index in [0.717, 1.165) is 5.56 Å². The summed E-state index contributed by atoms with van der Waals surface area (Å²) in [7, 11) is 0. The Balaban J connectivity index is 1.99. The normalized spacial score (nSPS) is 10.1. The highest BCUT2D eigenvalue weighted by molar-refractivity contribution is 5.60.